The molecule has 2 aromatic heterocycles. The SMILES string of the molecule is CN(C)CCNC(=O)c1nc(C(=O)N(C)Cc2ccccc2)n2ccccc12. The molecule has 1 N–H and O–H groups in total. The van der Waals surface area contributed by atoms with Gasteiger partial charge in [0.25, 0.3) is 11.8 Å². The second kappa shape index (κ2) is 8.67. The van der Waals surface area contributed by atoms with Crippen molar-refractivity contribution in [3.8, 4) is 0 Å². The van der Waals surface area contributed by atoms with E-state index < -0.39 is 0 Å². The summed E-state index contributed by atoms with van der Waals surface area (Å²) in [7, 11) is 5.62. The minimum atomic E-state index is -0.282. The highest BCUT2D eigenvalue weighted by Gasteiger charge is 2.23. The lowest BCUT2D eigenvalue weighted by molar-refractivity contribution is 0.0772. The number of rotatable bonds is 7. The summed E-state index contributed by atoms with van der Waals surface area (Å²) in [4.78, 5) is 33.6. The number of pyridine rings is 1. The lowest BCUT2D eigenvalue weighted by Gasteiger charge is -2.16. The largest absolute Gasteiger partial charge is 0.349 e. The van der Waals surface area contributed by atoms with Crippen LogP contribution in [0.25, 0.3) is 5.52 Å². The lowest BCUT2D eigenvalue weighted by Crippen LogP contribution is -2.31. The Morgan fingerprint density at radius 3 is 2.46 bits per heavy atom. The van der Waals surface area contributed by atoms with E-state index in [1.54, 1.807) is 28.6 Å². The van der Waals surface area contributed by atoms with Crippen LogP contribution in [0.2, 0.25) is 0 Å². The van der Waals surface area contributed by atoms with Crippen LogP contribution in [-0.2, 0) is 6.54 Å². The van der Waals surface area contributed by atoms with Crippen LogP contribution in [0.5, 0.6) is 0 Å². The molecule has 0 aliphatic rings. The molecular weight excluding hydrogens is 354 g/mol. The molecule has 28 heavy (non-hydrogen) atoms. The van der Waals surface area contributed by atoms with Crippen molar-refractivity contribution in [1.82, 2.24) is 24.5 Å². The third-order valence-corrected chi connectivity index (χ3v) is 4.41. The number of hydrogen-bond acceptors (Lipinski definition) is 4. The van der Waals surface area contributed by atoms with Crippen LogP contribution >= 0.6 is 0 Å². The first kappa shape index (κ1) is 19.6. The van der Waals surface area contributed by atoms with Crippen LogP contribution < -0.4 is 5.32 Å². The average Bonchev–Trinajstić information content (AvgIpc) is 3.07. The summed E-state index contributed by atoms with van der Waals surface area (Å²) in [6.45, 7) is 1.70. The standard InChI is InChI=1S/C21H25N5O2/c1-24(2)14-12-22-20(27)18-17-11-7-8-13-26(17)19(23-18)21(28)25(3)15-16-9-5-4-6-10-16/h4-11,13H,12,14-15H2,1-3H3,(H,22,27). The van der Waals surface area contributed by atoms with Gasteiger partial charge in [0.15, 0.2) is 5.69 Å². The summed E-state index contributed by atoms with van der Waals surface area (Å²) in [5.74, 6) is -0.292. The summed E-state index contributed by atoms with van der Waals surface area (Å²) in [6, 6.07) is 15.2. The summed E-state index contributed by atoms with van der Waals surface area (Å²) in [5.41, 5.74) is 1.90. The molecule has 0 spiro atoms. The molecule has 0 fully saturated rings. The minimum Gasteiger partial charge on any atom is -0.349 e. The summed E-state index contributed by atoms with van der Waals surface area (Å²) < 4.78 is 1.67. The van der Waals surface area contributed by atoms with E-state index in [1.807, 2.05) is 61.5 Å². The second-order valence-electron chi connectivity index (χ2n) is 6.95. The van der Waals surface area contributed by atoms with Crippen molar-refractivity contribution in [2.45, 2.75) is 6.54 Å². The number of amides is 2. The molecule has 0 unspecified atom stereocenters. The van der Waals surface area contributed by atoms with Crippen LogP contribution in [-0.4, -0.2) is 65.2 Å². The molecule has 7 heteroatoms. The minimum absolute atomic E-state index is 0.229. The Morgan fingerprint density at radius 1 is 1.04 bits per heavy atom. The van der Waals surface area contributed by atoms with E-state index in [2.05, 4.69) is 10.3 Å². The molecule has 0 saturated heterocycles. The maximum atomic E-state index is 13.0. The molecule has 0 bridgehead atoms. The summed E-state index contributed by atoms with van der Waals surface area (Å²) >= 11 is 0. The van der Waals surface area contributed by atoms with E-state index in [-0.39, 0.29) is 23.3 Å². The fourth-order valence-electron chi connectivity index (χ4n) is 2.93. The highest BCUT2D eigenvalue weighted by molar-refractivity contribution is 6.02. The van der Waals surface area contributed by atoms with Crippen LogP contribution in [0.3, 0.4) is 0 Å². The first-order chi connectivity index (χ1) is 13.5. The number of fused-ring (bicyclic) bond motifs is 1. The Hall–Kier alpha value is -3.19. The van der Waals surface area contributed by atoms with Gasteiger partial charge in [-0.3, -0.25) is 14.0 Å². The summed E-state index contributed by atoms with van der Waals surface area (Å²) in [6.07, 6.45) is 1.75. The first-order valence-corrected chi connectivity index (χ1v) is 9.17. The molecule has 0 aliphatic carbocycles. The van der Waals surface area contributed by atoms with Gasteiger partial charge in [0.05, 0.1) is 5.52 Å². The van der Waals surface area contributed by atoms with Crippen molar-refractivity contribution < 1.29 is 9.59 Å². The normalized spacial score (nSPS) is 11.0. The molecule has 1 aromatic carbocycles. The van der Waals surface area contributed by atoms with Gasteiger partial charge in [-0.25, -0.2) is 4.98 Å². The molecule has 3 aromatic rings. The van der Waals surface area contributed by atoms with Gasteiger partial charge in [-0.2, -0.15) is 0 Å². The lowest BCUT2D eigenvalue weighted by atomic mass is 10.2. The van der Waals surface area contributed by atoms with Gasteiger partial charge >= 0.3 is 0 Å². The predicted molar refractivity (Wildman–Crippen MR) is 108 cm³/mol. The molecule has 2 heterocycles. The van der Waals surface area contributed by atoms with Crippen LogP contribution in [0.4, 0.5) is 0 Å². The maximum Gasteiger partial charge on any atom is 0.290 e. The van der Waals surface area contributed by atoms with Gasteiger partial charge in [-0.05, 0) is 31.8 Å². The number of imidazole rings is 1. The Labute approximate surface area is 164 Å². The van der Waals surface area contributed by atoms with Crippen LogP contribution in [0, 0.1) is 0 Å². The highest BCUT2D eigenvalue weighted by atomic mass is 16.2. The predicted octanol–water partition coefficient (Wildman–Crippen LogP) is 1.90. The number of aromatic nitrogens is 2. The van der Waals surface area contributed by atoms with E-state index in [4.69, 9.17) is 0 Å². The average molecular weight is 379 g/mol. The molecule has 0 aliphatic heterocycles. The second-order valence-corrected chi connectivity index (χ2v) is 6.95. The smallest absolute Gasteiger partial charge is 0.290 e. The van der Waals surface area contributed by atoms with Crippen molar-refractivity contribution in [2.75, 3.05) is 34.2 Å². The van der Waals surface area contributed by atoms with E-state index in [9.17, 15) is 9.59 Å². The quantitative estimate of drug-likeness (QED) is 0.681. The monoisotopic (exact) mass is 379 g/mol. The fourth-order valence-corrected chi connectivity index (χ4v) is 2.93. The van der Waals surface area contributed by atoms with Gasteiger partial charge < -0.3 is 15.1 Å². The van der Waals surface area contributed by atoms with Gasteiger partial charge in [-0.1, -0.05) is 36.4 Å². The molecule has 146 valence electrons. The number of hydrogen-bond donors (Lipinski definition) is 1. The van der Waals surface area contributed by atoms with Crippen molar-refractivity contribution in [3.63, 3.8) is 0 Å². The Balaban J connectivity index is 1.85. The highest BCUT2D eigenvalue weighted by Crippen LogP contribution is 2.15. The van der Waals surface area contributed by atoms with Crippen molar-refractivity contribution in [1.29, 1.82) is 0 Å². The van der Waals surface area contributed by atoms with Gasteiger partial charge in [-0.15, -0.1) is 0 Å². The Bertz CT molecular complexity index is 965. The number of likely N-dealkylation sites (N-methyl/N-ethyl adjacent to an activating group) is 1. The zero-order chi connectivity index (χ0) is 20.1. The zero-order valence-electron chi connectivity index (χ0n) is 16.4. The number of benzene rings is 1. The molecule has 0 atom stereocenters. The molecular formula is C21H25N5O2. The van der Waals surface area contributed by atoms with Gasteiger partial charge in [0, 0.05) is 32.9 Å². The van der Waals surface area contributed by atoms with Crippen LogP contribution in [0.15, 0.2) is 54.7 Å². The van der Waals surface area contributed by atoms with Crippen molar-refractivity contribution in [2.24, 2.45) is 0 Å². The molecule has 0 radical (unpaired) electrons. The maximum absolute atomic E-state index is 13.0. The third kappa shape index (κ3) is 4.37. The molecule has 2 amide bonds. The number of carbonyl (C=O) groups is 2. The zero-order valence-corrected chi connectivity index (χ0v) is 16.4. The van der Waals surface area contributed by atoms with E-state index in [0.717, 1.165) is 12.1 Å². The first-order valence-electron chi connectivity index (χ1n) is 9.17. The Kier molecular flexibility index (Phi) is 6.06. The van der Waals surface area contributed by atoms with Crippen molar-refractivity contribution in [3.05, 3.63) is 71.8 Å². The van der Waals surface area contributed by atoms with Gasteiger partial charge in [0.1, 0.15) is 0 Å². The van der Waals surface area contributed by atoms with Gasteiger partial charge in [0.2, 0.25) is 5.82 Å². The third-order valence-electron chi connectivity index (χ3n) is 4.41. The van der Waals surface area contributed by atoms with E-state index in [1.165, 1.54) is 0 Å². The molecule has 7 nitrogen and oxygen atoms in total. The number of nitrogens with one attached hydrogen (secondary N) is 1. The molecule has 3 rings (SSSR count). The fraction of sp³-hybridized carbons (Fsp3) is 0.286. The topological polar surface area (TPSA) is 70.0 Å². The van der Waals surface area contributed by atoms with Crippen LogP contribution in [0.1, 0.15) is 26.7 Å². The number of carbonyl (C=O) groups excluding carboxylic acids is 2. The molecule has 0 saturated carbocycles. The summed E-state index contributed by atoms with van der Waals surface area (Å²) in [5, 5.41) is 2.86. The van der Waals surface area contributed by atoms with Crippen molar-refractivity contribution >= 4 is 17.3 Å². The van der Waals surface area contributed by atoms with E-state index in [0.29, 0.717) is 18.6 Å². The Morgan fingerprint density at radius 2 is 1.75 bits per heavy atom. The van der Waals surface area contributed by atoms with E-state index >= 15 is 0 Å². The number of nitrogens with zero attached hydrogens (tertiary/aromatic N) is 4.